The maximum absolute atomic E-state index is 13.2. The van der Waals surface area contributed by atoms with Crippen LogP contribution in [0.5, 0.6) is 0 Å². The molecular weight excluding hydrogens is 452 g/mol. The number of para-hydroxylation sites is 5. The zero-order chi connectivity index (χ0) is 24.9. The lowest BCUT2D eigenvalue weighted by atomic mass is 10.1. The maximum atomic E-state index is 13.2. The topological polar surface area (TPSA) is 89.2 Å². The van der Waals surface area contributed by atoms with Crippen LogP contribution in [-0.2, 0) is 11.3 Å². The van der Waals surface area contributed by atoms with Crippen molar-refractivity contribution in [1.29, 1.82) is 0 Å². The second-order valence-corrected chi connectivity index (χ2v) is 8.72. The minimum absolute atomic E-state index is 0.00440. The molecule has 2 N–H and O–H groups in total. The minimum atomic E-state index is -0.0908. The molecule has 7 nitrogen and oxygen atoms in total. The number of hydrogen-bond acceptors (Lipinski definition) is 5. The molecule has 0 bridgehead atoms. The molecule has 5 rings (SSSR count). The Morgan fingerprint density at radius 2 is 1.67 bits per heavy atom. The number of carbonyl (C=O) groups is 1. The van der Waals surface area contributed by atoms with Gasteiger partial charge in [-0.15, -0.1) is 0 Å². The first-order valence-corrected chi connectivity index (χ1v) is 12.2. The average Bonchev–Trinajstić information content (AvgIpc) is 3.34. The van der Waals surface area contributed by atoms with Gasteiger partial charge in [0.25, 0.3) is 0 Å². The van der Waals surface area contributed by atoms with E-state index in [1.54, 1.807) is 0 Å². The highest BCUT2D eigenvalue weighted by Crippen LogP contribution is 2.24. The summed E-state index contributed by atoms with van der Waals surface area (Å²) in [5, 5.41) is 6.70. The van der Waals surface area contributed by atoms with Gasteiger partial charge in [0.2, 0.25) is 17.2 Å². The Labute approximate surface area is 208 Å². The number of unbranched alkanes of at least 4 members (excludes halogenated alkanes) is 2. The predicted octanol–water partition coefficient (Wildman–Crippen LogP) is 6.05. The third-order valence-electron chi connectivity index (χ3n) is 6.29. The number of nitrogens with one attached hydrogen (secondary N) is 2. The van der Waals surface area contributed by atoms with Crippen molar-refractivity contribution in [3.05, 3.63) is 89.2 Å². The van der Waals surface area contributed by atoms with E-state index in [0.717, 1.165) is 48.2 Å². The van der Waals surface area contributed by atoms with E-state index in [2.05, 4.69) is 20.2 Å². The Balaban J connectivity index is 1.27. The van der Waals surface area contributed by atoms with Gasteiger partial charge in [0.1, 0.15) is 11.1 Å². The van der Waals surface area contributed by atoms with Crippen molar-refractivity contribution in [3.8, 4) is 11.5 Å². The van der Waals surface area contributed by atoms with E-state index in [-0.39, 0.29) is 11.3 Å². The summed E-state index contributed by atoms with van der Waals surface area (Å²) >= 11 is 0. The molecule has 0 aliphatic heterocycles. The number of fused-ring (bicyclic) bond motifs is 2. The summed E-state index contributed by atoms with van der Waals surface area (Å²) in [5.41, 5.74) is 4.30. The van der Waals surface area contributed by atoms with Gasteiger partial charge in [0.05, 0.1) is 16.9 Å². The van der Waals surface area contributed by atoms with Crippen molar-refractivity contribution in [2.45, 2.75) is 32.2 Å². The summed E-state index contributed by atoms with van der Waals surface area (Å²) in [6.45, 7) is 0.720. The number of anilines is 2. The highest BCUT2D eigenvalue weighted by molar-refractivity contribution is 5.94. The van der Waals surface area contributed by atoms with Crippen LogP contribution in [0.2, 0.25) is 0 Å². The van der Waals surface area contributed by atoms with Crippen LogP contribution in [0.25, 0.3) is 33.5 Å². The predicted molar refractivity (Wildman–Crippen MR) is 144 cm³/mol. The Kier molecular flexibility index (Phi) is 6.80. The summed E-state index contributed by atoms with van der Waals surface area (Å²) in [6, 6.07) is 22.8. The second kappa shape index (κ2) is 10.5. The van der Waals surface area contributed by atoms with Crippen molar-refractivity contribution in [2.24, 2.45) is 0 Å². The smallest absolute Gasteiger partial charge is 0.232 e. The van der Waals surface area contributed by atoms with E-state index in [1.807, 2.05) is 86.0 Å². The molecule has 3 aromatic carbocycles. The number of amides is 1. The van der Waals surface area contributed by atoms with Crippen LogP contribution in [-0.4, -0.2) is 22.5 Å². The summed E-state index contributed by atoms with van der Waals surface area (Å²) in [7, 11) is 1.83. The van der Waals surface area contributed by atoms with Crippen LogP contribution in [0.4, 0.5) is 11.4 Å². The van der Waals surface area contributed by atoms with E-state index >= 15 is 0 Å². The molecule has 0 aliphatic rings. The van der Waals surface area contributed by atoms with E-state index in [1.165, 1.54) is 0 Å². The fourth-order valence-electron chi connectivity index (χ4n) is 4.44. The maximum Gasteiger partial charge on any atom is 0.232 e. The van der Waals surface area contributed by atoms with Gasteiger partial charge in [0, 0.05) is 31.6 Å². The lowest BCUT2D eigenvalue weighted by molar-refractivity contribution is -0.116. The fourth-order valence-corrected chi connectivity index (χ4v) is 4.44. The zero-order valence-electron chi connectivity index (χ0n) is 20.2. The molecule has 0 radical (unpaired) electrons. The summed E-state index contributed by atoms with van der Waals surface area (Å²) in [4.78, 5) is 30.2. The molecule has 7 heteroatoms. The fraction of sp³-hybridized carbons (Fsp3) is 0.207. The van der Waals surface area contributed by atoms with Gasteiger partial charge in [-0.2, -0.15) is 0 Å². The van der Waals surface area contributed by atoms with Crippen molar-refractivity contribution >= 4 is 39.3 Å². The zero-order valence-corrected chi connectivity index (χ0v) is 20.2. The molecule has 2 aromatic heterocycles. The van der Waals surface area contributed by atoms with Gasteiger partial charge in [-0.1, -0.05) is 42.8 Å². The third-order valence-corrected chi connectivity index (χ3v) is 6.29. The van der Waals surface area contributed by atoms with E-state index in [9.17, 15) is 9.59 Å². The van der Waals surface area contributed by atoms with Gasteiger partial charge in [-0.3, -0.25) is 9.59 Å². The Morgan fingerprint density at radius 3 is 2.50 bits per heavy atom. The Morgan fingerprint density at radius 1 is 0.917 bits per heavy atom. The molecule has 1 amide bonds. The Bertz CT molecular complexity index is 1550. The first kappa shape index (κ1) is 23.4. The standard InChI is InChI=1S/C29H28N4O3/c1-30-22-12-5-6-13-23(22)31-27(34)17-3-2-10-18-33-19-21(28(35)20-11-4-8-15-25(20)33)29-32-24-14-7-9-16-26(24)36-29/h4-9,11-16,19,30H,2-3,10,17-18H2,1H3,(H,31,34). The number of pyridine rings is 1. The minimum Gasteiger partial charge on any atom is -0.436 e. The Hall–Kier alpha value is -4.39. The van der Waals surface area contributed by atoms with Crippen LogP contribution < -0.4 is 16.1 Å². The number of benzene rings is 3. The molecule has 0 aliphatic carbocycles. The molecule has 0 saturated heterocycles. The molecule has 0 fully saturated rings. The summed E-state index contributed by atoms with van der Waals surface area (Å²) in [5.74, 6) is 0.337. The van der Waals surface area contributed by atoms with E-state index in [0.29, 0.717) is 28.8 Å². The van der Waals surface area contributed by atoms with E-state index < -0.39 is 0 Å². The second-order valence-electron chi connectivity index (χ2n) is 8.72. The first-order chi connectivity index (χ1) is 17.6. The van der Waals surface area contributed by atoms with Crippen LogP contribution in [0.3, 0.4) is 0 Å². The number of aryl methyl sites for hydroxylation is 1. The summed E-state index contributed by atoms with van der Waals surface area (Å²) in [6.07, 6.45) is 4.84. The van der Waals surface area contributed by atoms with Gasteiger partial charge >= 0.3 is 0 Å². The first-order valence-electron chi connectivity index (χ1n) is 12.2. The van der Waals surface area contributed by atoms with Crippen molar-refractivity contribution < 1.29 is 9.21 Å². The van der Waals surface area contributed by atoms with Gasteiger partial charge in [-0.05, 0) is 49.2 Å². The number of nitrogens with zero attached hydrogens (tertiary/aromatic N) is 2. The van der Waals surface area contributed by atoms with Gasteiger partial charge in [0.15, 0.2) is 5.58 Å². The number of aromatic nitrogens is 2. The van der Waals surface area contributed by atoms with Crippen LogP contribution in [0, 0.1) is 0 Å². The van der Waals surface area contributed by atoms with Crippen LogP contribution in [0.15, 0.2) is 88.2 Å². The molecular formula is C29H28N4O3. The largest absolute Gasteiger partial charge is 0.436 e. The normalized spacial score (nSPS) is 11.1. The summed E-state index contributed by atoms with van der Waals surface area (Å²) < 4.78 is 7.99. The molecule has 182 valence electrons. The quantitative estimate of drug-likeness (QED) is 0.251. The lowest BCUT2D eigenvalue weighted by Crippen LogP contribution is -2.13. The number of carbonyl (C=O) groups excluding carboxylic acids is 1. The van der Waals surface area contributed by atoms with E-state index in [4.69, 9.17) is 4.42 Å². The monoisotopic (exact) mass is 480 g/mol. The third kappa shape index (κ3) is 4.86. The van der Waals surface area contributed by atoms with Gasteiger partial charge < -0.3 is 19.6 Å². The van der Waals surface area contributed by atoms with Crippen molar-refractivity contribution in [1.82, 2.24) is 9.55 Å². The van der Waals surface area contributed by atoms with Crippen LogP contribution >= 0.6 is 0 Å². The number of rotatable bonds is 9. The molecule has 0 unspecified atom stereocenters. The molecule has 2 heterocycles. The highest BCUT2D eigenvalue weighted by atomic mass is 16.3. The number of oxazole rings is 1. The van der Waals surface area contributed by atoms with Crippen LogP contribution in [0.1, 0.15) is 25.7 Å². The van der Waals surface area contributed by atoms with Crippen molar-refractivity contribution in [2.75, 3.05) is 17.7 Å². The molecule has 36 heavy (non-hydrogen) atoms. The average molecular weight is 481 g/mol. The SMILES string of the molecule is CNc1ccccc1NC(=O)CCCCCn1cc(-c2nc3ccccc3o2)c(=O)c2ccccc21. The molecule has 5 aromatic rings. The lowest BCUT2D eigenvalue weighted by Gasteiger charge is -2.13. The molecule has 0 saturated carbocycles. The van der Waals surface area contributed by atoms with Crippen molar-refractivity contribution in [3.63, 3.8) is 0 Å². The number of hydrogen-bond donors (Lipinski definition) is 2. The van der Waals surface area contributed by atoms with Gasteiger partial charge in [-0.25, -0.2) is 4.98 Å². The molecule has 0 spiro atoms. The molecule has 0 atom stereocenters. The highest BCUT2D eigenvalue weighted by Gasteiger charge is 2.16.